The van der Waals surface area contributed by atoms with E-state index in [4.69, 9.17) is 4.74 Å². The molecule has 0 aliphatic carbocycles. The number of carbonyl (C=O) groups excluding carboxylic acids is 1. The third-order valence-electron chi connectivity index (χ3n) is 5.42. The first kappa shape index (κ1) is 26.9. The van der Waals surface area contributed by atoms with Gasteiger partial charge in [-0.25, -0.2) is 0 Å². The van der Waals surface area contributed by atoms with Crippen LogP contribution in [0, 0.1) is 0 Å². The summed E-state index contributed by atoms with van der Waals surface area (Å²) < 4.78 is 4.96. The van der Waals surface area contributed by atoms with Crippen molar-refractivity contribution in [1.82, 2.24) is 0 Å². The smallest absolute Gasteiger partial charge is 0.322 e. The van der Waals surface area contributed by atoms with E-state index >= 15 is 0 Å². The summed E-state index contributed by atoms with van der Waals surface area (Å²) in [5, 5.41) is 11.0. The molecule has 0 amide bonds. The van der Waals surface area contributed by atoms with Crippen molar-refractivity contribution < 1.29 is 14.6 Å². The van der Waals surface area contributed by atoms with Gasteiger partial charge in [-0.05, 0) is 42.7 Å². The molecule has 0 saturated carbocycles. The van der Waals surface area contributed by atoms with Gasteiger partial charge in [0.25, 0.3) is 0 Å². The maximum absolute atomic E-state index is 13.0. The molecule has 0 saturated heterocycles. The van der Waals surface area contributed by atoms with E-state index in [1.807, 2.05) is 13.8 Å². The number of hydrogen-bond acceptors (Lipinski definition) is 4. The van der Waals surface area contributed by atoms with Gasteiger partial charge in [0.15, 0.2) is 0 Å². The predicted octanol–water partition coefficient (Wildman–Crippen LogP) is 7.76. The molecule has 0 aliphatic heterocycles. The number of aromatic hydroxyl groups is 1. The van der Waals surface area contributed by atoms with E-state index in [1.165, 1.54) is 12.8 Å². The van der Waals surface area contributed by atoms with E-state index in [2.05, 4.69) is 60.6 Å². The number of phenolic OH excluding ortho intramolecular Hbond substituents is 1. The number of hydrogen-bond donors (Lipinski definition) is 1. The second-order valence-corrected chi connectivity index (χ2v) is 12.2. The molecule has 1 N–H and O–H groups in total. The zero-order valence-electron chi connectivity index (χ0n) is 20.8. The molecule has 1 aromatic carbocycles. The normalized spacial score (nSPS) is 14.4. The third-order valence-corrected chi connectivity index (χ3v) is 6.71. The van der Waals surface area contributed by atoms with Crippen molar-refractivity contribution in [2.75, 3.05) is 6.61 Å². The molecule has 0 fully saturated rings. The highest BCUT2D eigenvalue weighted by Crippen LogP contribution is 2.45. The molecule has 0 aromatic heterocycles. The van der Waals surface area contributed by atoms with Crippen molar-refractivity contribution in [3.63, 3.8) is 0 Å². The van der Waals surface area contributed by atoms with E-state index in [-0.39, 0.29) is 16.8 Å². The Labute approximate surface area is 189 Å². The fraction of sp³-hybridized carbons (Fsp3) is 0.731. The molecular formula is C26H44O3S. The summed E-state index contributed by atoms with van der Waals surface area (Å²) in [7, 11) is 0. The van der Waals surface area contributed by atoms with E-state index in [0.29, 0.717) is 12.4 Å². The second-order valence-electron chi connectivity index (χ2n) is 10.6. The van der Waals surface area contributed by atoms with Gasteiger partial charge < -0.3 is 9.84 Å². The van der Waals surface area contributed by atoms with Crippen molar-refractivity contribution >= 4 is 17.7 Å². The lowest BCUT2D eigenvalue weighted by atomic mass is 9.79. The third kappa shape index (κ3) is 7.51. The van der Waals surface area contributed by atoms with Gasteiger partial charge in [-0.15, -0.1) is 11.8 Å². The number of phenols is 1. The lowest BCUT2D eigenvalue weighted by Gasteiger charge is -2.31. The zero-order valence-corrected chi connectivity index (χ0v) is 21.6. The minimum Gasteiger partial charge on any atom is -0.507 e. The SMILES string of the molecule is CCCCCCC(C)(Sc1cc(C(C)(C)C)c(O)c(C(C)(C)C)c1)C(=O)OCCC. The Bertz CT molecular complexity index is 662. The summed E-state index contributed by atoms with van der Waals surface area (Å²) in [5.74, 6) is 0.242. The summed E-state index contributed by atoms with van der Waals surface area (Å²) in [6.45, 7) is 19.4. The number of unbranched alkanes of at least 4 members (excludes halogenated alkanes) is 3. The summed E-state index contributed by atoms with van der Waals surface area (Å²) in [5.41, 5.74) is 1.46. The number of benzene rings is 1. The summed E-state index contributed by atoms with van der Waals surface area (Å²) in [6.07, 6.45) is 6.11. The second kappa shape index (κ2) is 10.9. The number of rotatable bonds is 10. The van der Waals surface area contributed by atoms with E-state index in [0.717, 1.165) is 41.7 Å². The van der Waals surface area contributed by atoms with Crippen LogP contribution in [0.4, 0.5) is 0 Å². The Morgan fingerprint density at radius 1 is 0.900 bits per heavy atom. The summed E-state index contributed by atoms with van der Waals surface area (Å²) >= 11 is 1.59. The first-order chi connectivity index (χ1) is 13.8. The maximum atomic E-state index is 13.0. The number of carbonyl (C=O) groups is 1. The van der Waals surface area contributed by atoms with Crippen LogP contribution in [0.2, 0.25) is 0 Å². The Morgan fingerprint density at radius 3 is 1.87 bits per heavy atom. The molecule has 0 bridgehead atoms. The molecule has 1 aromatic rings. The van der Waals surface area contributed by atoms with Crippen molar-refractivity contribution in [2.24, 2.45) is 0 Å². The first-order valence-electron chi connectivity index (χ1n) is 11.5. The minimum atomic E-state index is -0.635. The molecular weight excluding hydrogens is 392 g/mol. The van der Waals surface area contributed by atoms with Crippen LogP contribution >= 0.6 is 11.8 Å². The lowest BCUT2D eigenvalue weighted by Crippen LogP contribution is -2.34. The summed E-state index contributed by atoms with van der Waals surface area (Å²) in [6, 6.07) is 4.12. The molecule has 3 nitrogen and oxygen atoms in total. The van der Waals surface area contributed by atoms with Crippen LogP contribution in [-0.4, -0.2) is 22.4 Å². The molecule has 1 rings (SSSR count). The highest BCUT2D eigenvalue weighted by Gasteiger charge is 2.37. The Hall–Kier alpha value is -1.16. The summed E-state index contributed by atoms with van der Waals surface area (Å²) in [4.78, 5) is 14.1. The van der Waals surface area contributed by atoms with Crippen LogP contribution in [0.25, 0.3) is 0 Å². The topological polar surface area (TPSA) is 46.5 Å². The van der Waals surface area contributed by atoms with Gasteiger partial charge in [0, 0.05) is 16.0 Å². The van der Waals surface area contributed by atoms with Gasteiger partial charge in [-0.2, -0.15) is 0 Å². The van der Waals surface area contributed by atoms with Crippen molar-refractivity contribution in [2.45, 2.75) is 121 Å². The van der Waals surface area contributed by atoms with Crippen LogP contribution in [0.3, 0.4) is 0 Å². The lowest BCUT2D eigenvalue weighted by molar-refractivity contribution is -0.146. The quantitative estimate of drug-likeness (QED) is 0.231. The van der Waals surface area contributed by atoms with Crippen molar-refractivity contribution in [3.05, 3.63) is 23.3 Å². The van der Waals surface area contributed by atoms with Gasteiger partial charge in [0.2, 0.25) is 0 Å². The van der Waals surface area contributed by atoms with Crippen LogP contribution in [0.15, 0.2) is 17.0 Å². The molecule has 0 heterocycles. The zero-order chi connectivity index (χ0) is 23.2. The van der Waals surface area contributed by atoms with E-state index < -0.39 is 4.75 Å². The van der Waals surface area contributed by atoms with Crippen molar-refractivity contribution in [1.29, 1.82) is 0 Å². The van der Waals surface area contributed by atoms with Gasteiger partial charge in [-0.3, -0.25) is 4.79 Å². The standard InChI is InChI=1S/C26H44O3S/c1-10-12-13-14-15-26(9,23(28)29-16-11-2)30-19-17-20(24(3,4)5)22(27)21(18-19)25(6,7)8/h17-18,27H,10-16H2,1-9H3. The van der Waals surface area contributed by atoms with E-state index in [1.54, 1.807) is 11.8 Å². The molecule has 4 heteroatoms. The largest absolute Gasteiger partial charge is 0.507 e. The van der Waals surface area contributed by atoms with Crippen LogP contribution < -0.4 is 0 Å². The van der Waals surface area contributed by atoms with Gasteiger partial charge in [0.05, 0.1) is 6.61 Å². The van der Waals surface area contributed by atoms with E-state index in [9.17, 15) is 9.90 Å². The minimum absolute atomic E-state index is 0.131. The predicted molar refractivity (Wildman–Crippen MR) is 130 cm³/mol. The number of thioether (sulfide) groups is 1. The molecule has 1 unspecified atom stereocenters. The molecule has 0 aliphatic rings. The molecule has 172 valence electrons. The molecule has 0 spiro atoms. The molecule has 1 atom stereocenters. The van der Waals surface area contributed by atoms with Gasteiger partial charge in [0.1, 0.15) is 10.5 Å². The van der Waals surface area contributed by atoms with Crippen LogP contribution in [0.5, 0.6) is 5.75 Å². The Balaban J connectivity index is 3.37. The molecule has 30 heavy (non-hydrogen) atoms. The highest BCUT2D eigenvalue weighted by atomic mass is 32.2. The maximum Gasteiger partial charge on any atom is 0.322 e. The average molecular weight is 437 g/mol. The van der Waals surface area contributed by atoms with Gasteiger partial charge >= 0.3 is 5.97 Å². The first-order valence-corrected chi connectivity index (χ1v) is 12.3. The average Bonchev–Trinajstić information content (AvgIpc) is 2.62. The van der Waals surface area contributed by atoms with Crippen LogP contribution in [-0.2, 0) is 20.4 Å². The number of ether oxygens (including phenoxy) is 1. The Morgan fingerprint density at radius 2 is 1.43 bits per heavy atom. The monoisotopic (exact) mass is 436 g/mol. The number of esters is 1. The highest BCUT2D eigenvalue weighted by molar-refractivity contribution is 8.01. The van der Waals surface area contributed by atoms with Crippen molar-refractivity contribution in [3.8, 4) is 5.75 Å². The Kier molecular flexibility index (Phi) is 9.79. The van der Waals surface area contributed by atoms with Crippen LogP contribution in [0.1, 0.15) is 112 Å². The fourth-order valence-electron chi connectivity index (χ4n) is 3.50. The molecule has 0 radical (unpaired) electrons. The van der Waals surface area contributed by atoms with Gasteiger partial charge in [-0.1, -0.05) is 81.1 Å². The fourth-order valence-corrected chi connectivity index (χ4v) is 4.76.